The molecule has 0 unspecified atom stereocenters. The summed E-state index contributed by atoms with van der Waals surface area (Å²) >= 11 is 7.52. The summed E-state index contributed by atoms with van der Waals surface area (Å²) in [5, 5.41) is 3.69. The summed E-state index contributed by atoms with van der Waals surface area (Å²) in [6, 6.07) is 15.8. The van der Waals surface area contributed by atoms with Gasteiger partial charge in [0.15, 0.2) is 0 Å². The largest absolute Gasteiger partial charge is 0.372 e. The molecule has 2 aromatic carbocycles. The fourth-order valence-corrected chi connectivity index (χ4v) is 3.72. The number of rotatable bonds is 6. The van der Waals surface area contributed by atoms with Gasteiger partial charge in [0.2, 0.25) is 5.91 Å². The van der Waals surface area contributed by atoms with Gasteiger partial charge in [0.1, 0.15) is 0 Å². The third-order valence-electron chi connectivity index (χ3n) is 4.03. The van der Waals surface area contributed by atoms with Crippen LogP contribution < -0.4 is 10.2 Å². The summed E-state index contributed by atoms with van der Waals surface area (Å²) in [7, 11) is 0. The van der Waals surface area contributed by atoms with Gasteiger partial charge in [0, 0.05) is 46.6 Å². The maximum atomic E-state index is 12.0. The zero-order valence-electron chi connectivity index (χ0n) is 13.5. The van der Waals surface area contributed by atoms with Crippen molar-refractivity contribution in [1.82, 2.24) is 0 Å². The Hall–Kier alpha value is -1.65. The van der Waals surface area contributed by atoms with Gasteiger partial charge in [-0.25, -0.2) is 0 Å². The number of amides is 1. The Balaban J connectivity index is 1.43. The third kappa shape index (κ3) is 4.92. The quantitative estimate of drug-likeness (QED) is 0.730. The Labute approximate surface area is 152 Å². The molecule has 126 valence electrons. The van der Waals surface area contributed by atoms with Crippen molar-refractivity contribution in [2.24, 2.45) is 0 Å². The van der Waals surface area contributed by atoms with E-state index in [0.717, 1.165) is 34.4 Å². The van der Waals surface area contributed by atoms with E-state index in [9.17, 15) is 4.79 Å². The van der Waals surface area contributed by atoms with E-state index >= 15 is 0 Å². The number of hydrogen-bond acceptors (Lipinski definition) is 3. The highest BCUT2D eigenvalue weighted by Gasteiger charge is 2.12. The molecule has 1 saturated heterocycles. The van der Waals surface area contributed by atoms with Gasteiger partial charge in [-0.05, 0) is 61.4 Å². The van der Waals surface area contributed by atoms with Crippen molar-refractivity contribution in [2.45, 2.75) is 24.2 Å². The highest BCUT2D eigenvalue weighted by atomic mass is 35.5. The molecule has 1 aliphatic rings. The lowest BCUT2D eigenvalue weighted by atomic mass is 10.2. The van der Waals surface area contributed by atoms with E-state index in [1.807, 2.05) is 36.4 Å². The van der Waals surface area contributed by atoms with Crippen molar-refractivity contribution in [3.63, 3.8) is 0 Å². The molecular formula is C19H21ClN2OS. The molecule has 1 amide bonds. The summed E-state index contributed by atoms with van der Waals surface area (Å²) < 4.78 is 0. The van der Waals surface area contributed by atoms with Gasteiger partial charge < -0.3 is 10.2 Å². The predicted molar refractivity (Wildman–Crippen MR) is 103 cm³/mol. The van der Waals surface area contributed by atoms with E-state index in [0.29, 0.717) is 6.42 Å². The predicted octanol–water partition coefficient (Wildman–Crippen LogP) is 5.06. The fraction of sp³-hybridized carbons (Fsp3) is 0.316. The maximum absolute atomic E-state index is 12.0. The first kappa shape index (κ1) is 17.2. The van der Waals surface area contributed by atoms with Crippen LogP contribution in [0.2, 0.25) is 5.02 Å². The van der Waals surface area contributed by atoms with Crippen LogP contribution in [0, 0.1) is 0 Å². The zero-order valence-corrected chi connectivity index (χ0v) is 15.1. The first-order valence-electron chi connectivity index (χ1n) is 8.24. The average molecular weight is 361 g/mol. The molecule has 1 aliphatic heterocycles. The lowest BCUT2D eigenvalue weighted by Crippen LogP contribution is -2.17. The van der Waals surface area contributed by atoms with Crippen LogP contribution in [0.15, 0.2) is 53.4 Å². The molecule has 3 nitrogen and oxygen atoms in total. The third-order valence-corrected chi connectivity index (χ3v) is 5.30. The van der Waals surface area contributed by atoms with E-state index in [2.05, 4.69) is 22.3 Å². The smallest absolute Gasteiger partial charge is 0.225 e. The van der Waals surface area contributed by atoms with Crippen LogP contribution in [0.5, 0.6) is 0 Å². The number of hydrogen-bond donors (Lipinski definition) is 1. The van der Waals surface area contributed by atoms with Crippen molar-refractivity contribution in [2.75, 3.05) is 29.1 Å². The summed E-state index contributed by atoms with van der Waals surface area (Å²) in [4.78, 5) is 15.6. The number of halogens is 1. The monoisotopic (exact) mass is 360 g/mol. The summed E-state index contributed by atoms with van der Waals surface area (Å²) in [6.07, 6.45) is 3.02. The highest BCUT2D eigenvalue weighted by Crippen LogP contribution is 2.23. The molecule has 0 atom stereocenters. The van der Waals surface area contributed by atoms with Crippen LogP contribution in [0.3, 0.4) is 0 Å². The number of benzene rings is 2. The highest BCUT2D eigenvalue weighted by molar-refractivity contribution is 7.99. The number of nitrogens with zero attached hydrogens (tertiary/aromatic N) is 1. The molecule has 0 spiro atoms. The van der Waals surface area contributed by atoms with Crippen LogP contribution in [-0.4, -0.2) is 24.7 Å². The lowest BCUT2D eigenvalue weighted by molar-refractivity contribution is -0.115. The number of thioether (sulfide) groups is 1. The second-order valence-electron chi connectivity index (χ2n) is 5.84. The van der Waals surface area contributed by atoms with E-state index in [1.54, 1.807) is 11.8 Å². The first-order valence-corrected chi connectivity index (χ1v) is 9.60. The molecule has 0 radical (unpaired) electrons. The van der Waals surface area contributed by atoms with Crippen molar-refractivity contribution >= 4 is 40.6 Å². The Morgan fingerprint density at radius 1 is 1.04 bits per heavy atom. The molecule has 5 heteroatoms. The minimum absolute atomic E-state index is 0.0467. The van der Waals surface area contributed by atoms with Gasteiger partial charge in [0.05, 0.1) is 0 Å². The molecule has 1 fully saturated rings. The SMILES string of the molecule is O=C(CCSc1ccc(Cl)cc1)Nc1ccc(N2CCCC2)cc1. The van der Waals surface area contributed by atoms with Crippen molar-refractivity contribution in [3.8, 4) is 0 Å². The topological polar surface area (TPSA) is 32.3 Å². The lowest BCUT2D eigenvalue weighted by Gasteiger charge is -2.17. The maximum Gasteiger partial charge on any atom is 0.225 e. The van der Waals surface area contributed by atoms with Crippen LogP contribution >= 0.6 is 23.4 Å². The van der Waals surface area contributed by atoms with E-state index in [-0.39, 0.29) is 5.91 Å². The van der Waals surface area contributed by atoms with Crippen LogP contribution in [0.25, 0.3) is 0 Å². The Morgan fingerprint density at radius 2 is 1.71 bits per heavy atom. The Bertz CT molecular complexity index is 667. The zero-order chi connectivity index (χ0) is 16.8. The molecule has 0 aromatic heterocycles. The van der Waals surface area contributed by atoms with E-state index in [1.165, 1.54) is 18.5 Å². The molecule has 0 aliphatic carbocycles. The summed E-state index contributed by atoms with van der Waals surface area (Å²) in [5.74, 6) is 0.796. The molecule has 0 saturated carbocycles. The second-order valence-corrected chi connectivity index (χ2v) is 7.45. The van der Waals surface area contributed by atoms with Crippen molar-refractivity contribution in [1.29, 1.82) is 0 Å². The number of anilines is 2. The van der Waals surface area contributed by atoms with Gasteiger partial charge in [-0.1, -0.05) is 11.6 Å². The minimum Gasteiger partial charge on any atom is -0.372 e. The molecule has 0 bridgehead atoms. The molecule has 2 aromatic rings. The minimum atomic E-state index is 0.0467. The first-order chi connectivity index (χ1) is 11.7. The molecular weight excluding hydrogens is 340 g/mol. The van der Waals surface area contributed by atoms with Crippen molar-refractivity contribution in [3.05, 3.63) is 53.6 Å². The van der Waals surface area contributed by atoms with Crippen LogP contribution in [-0.2, 0) is 4.79 Å². The average Bonchev–Trinajstić information content (AvgIpc) is 3.12. The standard InChI is InChI=1S/C19H21ClN2OS/c20-15-3-9-18(10-4-15)24-14-11-19(23)21-16-5-7-17(8-6-16)22-12-1-2-13-22/h3-10H,1-2,11-14H2,(H,21,23). The normalized spacial score (nSPS) is 14.0. The second kappa shape index (κ2) is 8.45. The summed E-state index contributed by atoms with van der Waals surface area (Å²) in [5.41, 5.74) is 2.10. The molecule has 3 rings (SSSR count). The Morgan fingerprint density at radius 3 is 2.38 bits per heavy atom. The number of nitrogens with one attached hydrogen (secondary N) is 1. The van der Waals surface area contributed by atoms with Gasteiger partial charge >= 0.3 is 0 Å². The van der Waals surface area contributed by atoms with E-state index in [4.69, 9.17) is 11.6 Å². The van der Waals surface area contributed by atoms with Gasteiger partial charge in [-0.15, -0.1) is 11.8 Å². The van der Waals surface area contributed by atoms with Gasteiger partial charge in [0.25, 0.3) is 0 Å². The van der Waals surface area contributed by atoms with Gasteiger partial charge in [-0.2, -0.15) is 0 Å². The van der Waals surface area contributed by atoms with E-state index < -0.39 is 0 Å². The van der Waals surface area contributed by atoms with Crippen LogP contribution in [0.4, 0.5) is 11.4 Å². The fourth-order valence-electron chi connectivity index (χ4n) is 2.75. The van der Waals surface area contributed by atoms with Gasteiger partial charge in [-0.3, -0.25) is 4.79 Å². The number of carbonyl (C=O) groups excluding carboxylic acids is 1. The van der Waals surface area contributed by atoms with Crippen molar-refractivity contribution < 1.29 is 4.79 Å². The molecule has 1 heterocycles. The van der Waals surface area contributed by atoms with Crippen LogP contribution in [0.1, 0.15) is 19.3 Å². The molecule has 1 N–H and O–H groups in total. The molecule has 24 heavy (non-hydrogen) atoms. The summed E-state index contributed by atoms with van der Waals surface area (Å²) in [6.45, 7) is 2.27. The number of carbonyl (C=O) groups is 1. The Kier molecular flexibility index (Phi) is 6.05.